The van der Waals surface area contributed by atoms with Crippen LogP contribution >= 0.6 is 0 Å². The first-order chi connectivity index (χ1) is 8.70. The first-order valence-electron chi connectivity index (χ1n) is 6.30. The molecule has 1 aliphatic heterocycles. The van der Waals surface area contributed by atoms with Crippen molar-refractivity contribution in [3.63, 3.8) is 0 Å². The van der Waals surface area contributed by atoms with Crippen LogP contribution in [0, 0.1) is 18.3 Å². The monoisotopic (exact) mass is 245 g/mol. The van der Waals surface area contributed by atoms with Crippen LogP contribution in [0.3, 0.4) is 0 Å². The van der Waals surface area contributed by atoms with Crippen LogP contribution in [0.25, 0.3) is 0 Å². The first-order valence-corrected chi connectivity index (χ1v) is 6.30. The van der Waals surface area contributed by atoms with Crippen molar-refractivity contribution in [3.05, 3.63) is 23.8 Å². The van der Waals surface area contributed by atoms with Gasteiger partial charge in [-0.25, -0.2) is 0 Å². The Bertz CT molecular complexity index is 447. The van der Waals surface area contributed by atoms with Crippen molar-refractivity contribution in [3.8, 4) is 6.07 Å². The predicted octanol–water partition coefficient (Wildman–Crippen LogP) is 2.16. The van der Waals surface area contributed by atoms with Crippen LogP contribution in [0.15, 0.2) is 18.2 Å². The molecule has 2 rings (SSSR count). The zero-order chi connectivity index (χ0) is 13.0. The van der Waals surface area contributed by atoms with Gasteiger partial charge in [-0.3, -0.25) is 0 Å². The lowest BCUT2D eigenvalue weighted by atomic mass is 10.1. The third-order valence-electron chi connectivity index (χ3n) is 3.15. The summed E-state index contributed by atoms with van der Waals surface area (Å²) < 4.78 is 5.35. The maximum Gasteiger partial charge on any atom is 0.111 e. The van der Waals surface area contributed by atoms with Crippen LogP contribution in [0.2, 0.25) is 0 Å². The van der Waals surface area contributed by atoms with Gasteiger partial charge < -0.3 is 15.0 Å². The van der Waals surface area contributed by atoms with E-state index in [0.717, 1.165) is 32.0 Å². The van der Waals surface area contributed by atoms with Crippen molar-refractivity contribution in [1.29, 1.82) is 5.26 Å². The van der Waals surface area contributed by atoms with E-state index >= 15 is 0 Å². The molecular weight excluding hydrogens is 226 g/mol. The van der Waals surface area contributed by atoms with Crippen LogP contribution in [0.5, 0.6) is 0 Å². The summed E-state index contributed by atoms with van der Waals surface area (Å²) in [5.74, 6) is 0. The van der Waals surface area contributed by atoms with Gasteiger partial charge in [-0.15, -0.1) is 0 Å². The second-order valence-electron chi connectivity index (χ2n) is 4.59. The molecule has 0 amide bonds. The number of hydrogen-bond donors (Lipinski definition) is 1. The van der Waals surface area contributed by atoms with Crippen LogP contribution in [0.1, 0.15) is 12.5 Å². The number of nitrogens with zero attached hydrogens (tertiary/aromatic N) is 2. The highest BCUT2D eigenvalue weighted by Crippen LogP contribution is 2.23. The third kappa shape index (κ3) is 2.93. The van der Waals surface area contributed by atoms with E-state index in [9.17, 15) is 0 Å². The van der Waals surface area contributed by atoms with Gasteiger partial charge in [-0.1, -0.05) is 0 Å². The third-order valence-corrected chi connectivity index (χ3v) is 3.15. The molecule has 4 nitrogen and oxygen atoms in total. The van der Waals surface area contributed by atoms with Crippen molar-refractivity contribution >= 4 is 11.4 Å². The van der Waals surface area contributed by atoms with Crippen LogP contribution < -0.4 is 10.2 Å². The molecule has 1 N–H and O–H groups in total. The average Bonchev–Trinajstić information content (AvgIpc) is 2.42. The summed E-state index contributed by atoms with van der Waals surface area (Å²) in [6.45, 7) is 7.41. The van der Waals surface area contributed by atoms with Gasteiger partial charge in [0.2, 0.25) is 0 Å². The zero-order valence-electron chi connectivity index (χ0n) is 10.9. The van der Waals surface area contributed by atoms with Crippen LogP contribution in [0.4, 0.5) is 11.4 Å². The normalized spacial score (nSPS) is 17.1. The second-order valence-corrected chi connectivity index (χ2v) is 4.59. The molecule has 0 saturated carbocycles. The molecule has 1 aromatic carbocycles. The van der Waals surface area contributed by atoms with Gasteiger partial charge in [0.05, 0.1) is 19.3 Å². The lowest BCUT2D eigenvalue weighted by molar-refractivity contribution is 0.122. The molecule has 1 atom stereocenters. The second kappa shape index (κ2) is 5.74. The first kappa shape index (κ1) is 12.7. The summed E-state index contributed by atoms with van der Waals surface area (Å²) in [4.78, 5) is 2.33. The number of benzene rings is 1. The zero-order valence-corrected chi connectivity index (χ0v) is 10.9. The Hall–Kier alpha value is -1.73. The molecule has 0 bridgehead atoms. The van der Waals surface area contributed by atoms with E-state index in [2.05, 4.69) is 35.3 Å². The van der Waals surface area contributed by atoms with E-state index in [1.165, 1.54) is 11.3 Å². The SMILES string of the molecule is Cc1cc(N2CCOCC2)ccc1N[C@@H](C)C#N. The predicted molar refractivity (Wildman–Crippen MR) is 72.9 cm³/mol. The molecule has 1 aliphatic rings. The van der Waals surface area contributed by atoms with E-state index in [-0.39, 0.29) is 6.04 Å². The van der Waals surface area contributed by atoms with Gasteiger partial charge in [-0.2, -0.15) is 5.26 Å². The van der Waals surface area contributed by atoms with Crippen molar-refractivity contribution in [2.75, 3.05) is 36.5 Å². The van der Waals surface area contributed by atoms with Gasteiger partial charge in [0.15, 0.2) is 0 Å². The van der Waals surface area contributed by atoms with Crippen molar-refractivity contribution in [1.82, 2.24) is 0 Å². The maximum absolute atomic E-state index is 8.81. The molecule has 4 heteroatoms. The van der Waals surface area contributed by atoms with E-state index in [1.54, 1.807) is 0 Å². The Labute approximate surface area is 108 Å². The summed E-state index contributed by atoms with van der Waals surface area (Å²) in [6.07, 6.45) is 0. The molecule has 1 heterocycles. The molecule has 1 saturated heterocycles. The number of anilines is 2. The summed E-state index contributed by atoms with van der Waals surface area (Å²) in [6, 6.07) is 8.33. The molecule has 1 fully saturated rings. The molecule has 0 unspecified atom stereocenters. The Morgan fingerprint density at radius 3 is 2.72 bits per heavy atom. The minimum absolute atomic E-state index is 0.169. The quantitative estimate of drug-likeness (QED) is 0.886. The Morgan fingerprint density at radius 1 is 1.39 bits per heavy atom. The fourth-order valence-electron chi connectivity index (χ4n) is 2.09. The number of ether oxygens (including phenoxy) is 1. The minimum Gasteiger partial charge on any atom is -0.378 e. The molecule has 0 radical (unpaired) electrons. The van der Waals surface area contributed by atoms with Gasteiger partial charge in [-0.05, 0) is 37.6 Å². The highest BCUT2D eigenvalue weighted by Gasteiger charge is 2.12. The molecule has 1 aromatic rings. The van der Waals surface area contributed by atoms with Crippen molar-refractivity contribution in [2.24, 2.45) is 0 Å². The number of nitriles is 1. The highest BCUT2D eigenvalue weighted by molar-refractivity contribution is 5.61. The van der Waals surface area contributed by atoms with E-state index in [4.69, 9.17) is 10.00 Å². The van der Waals surface area contributed by atoms with Crippen LogP contribution in [-0.4, -0.2) is 32.3 Å². The number of rotatable bonds is 3. The van der Waals surface area contributed by atoms with Crippen molar-refractivity contribution in [2.45, 2.75) is 19.9 Å². The standard InChI is InChI=1S/C14H19N3O/c1-11-9-13(17-5-7-18-8-6-17)3-4-14(11)16-12(2)10-15/h3-4,9,12,16H,5-8H2,1-2H3/t12-/m0/s1. The molecular formula is C14H19N3O. The lowest BCUT2D eigenvalue weighted by Crippen LogP contribution is -2.36. The number of morpholine rings is 1. The molecule has 18 heavy (non-hydrogen) atoms. The highest BCUT2D eigenvalue weighted by atomic mass is 16.5. The summed E-state index contributed by atoms with van der Waals surface area (Å²) in [5, 5.41) is 12.0. The smallest absolute Gasteiger partial charge is 0.111 e. The fraction of sp³-hybridized carbons (Fsp3) is 0.500. The summed E-state index contributed by atoms with van der Waals surface area (Å²) >= 11 is 0. The van der Waals surface area contributed by atoms with E-state index in [0.29, 0.717) is 0 Å². The molecule has 0 aromatic heterocycles. The minimum atomic E-state index is -0.169. The number of nitrogens with one attached hydrogen (secondary N) is 1. The molecule has 0 spiro atoms. The van der Waals surface area contributed by atoms with E-state index < -0.39 is 0 Å². The lowest BCUT2D eigenvalue weighted by Gasteiger charge is -2.29. The summed E-state index contributed by atoms with van der Waals surface area (Å²) in [5.41, 5.74) is 3.42. The number of hydrogen-bond acceptors (Lipinski definition) is 4. The van der Waals surface area contributed by atoms with Gasteiger partial charge in [0.1, 0.15) is 6.04 Å². The largest absolute Gasteiger partial charge is 0.378 e. The summed E-state index contributed by atoms with van der Waals surface area (Å²) in [7, 11) is 0. The van der Waals surface area contributed by atoms with Gasteiger partial charge in [0, 0.05) is 24.5 Å². The Balaban J connectivity index is 2.11. The Kier molecular flexibility index (Phi) is 4.06. The van der Waals surface area contributed by atoms with E-state index in [1.807, 2.05) is 13.0 Å². The van der Waals surface area contributed by atoms with Gasteiger partial charge in [0.25, 0.3) is 0 Å². The van der Waals surface area contributed by atoms with Crippen LogP contribution in [-0.2, 0) is 4.74 Å². The fourth-order valence-corrected chi connectivity index (χ4v) is 2.09. The Morgan fingerprint density at radius 2 is 2.11 bits per heavy atom. The maximum atomic E-state index is 8.81. The van der Waals surface area contributed by atoms with Crippen molar-refractivity contribution < 1.29 is 4.74 Å². The number of aryl methyl sites for hydroxylation is 1. The topological polar surface area (TPSA) is 48.3 Å². The molecule has 0 aliphatic carbocycles. The average molecular weight is 245 g/mol. The van der Waals surface area contributed by atoms with Gasteiger partial charge >= 0.3 is 0 Å². The molecule has 96 valence electrons.